The zero-order valence-electron chi connectivity index (χ0n) is 17.3. The van der Waals surface area contributed by atoms with Gasteiger partial charge >= 0.3 is 0 Å². The lowest BCUT2D eigenvalue weighted by atomic mass is 10.1. The first-order chi connectivity index (χ1) is 15.0. The fourth-order valence-corrected chi connectivity index (χ4v) is 4.48. The van der Waals surface area contributed by atoms with Crippen LogP contribution in [0.2, 0.25) is 5.02 Å². The van der Waals surface area contributed by atoms with Gasteiger partial charge in [-0.3, -0.25) is 14.2 Å². The Morgan fingerprint density at radius 3 is 2.59 bits per heavy atom. The zero-order valence-corrected chi connectivity index (χ0v) is 18.9. The summed E-state index contributed by atoms with van der Waals surface area (Å²) in [6.45, 7) is 3.51. The van der Waals surface area contributed by atoms with Crippen LogP contribution in [0.3, 0.4) is 0 Å². The molecule has 0 aromatic heterocycles. The van der Waals surface area contributed by atoms with Gasteiger partial charge in [-0.15, -0.1) is 0 Å². The van der Waals surface area contributed by atoms with E-state index in [1.807, 2.05) is 11.8 Å². The van der Waals surface area contributed by atoms with E-state index in [-0.39, 0.29) is 34.9 Å². The van der Waals surface area contributed by atoms with Crippen molar-refractivity contribution in [2.75, 3.05) is 26.2 Å². The summed E-state index contributed by atoms with van der Waals surface area (Å²) in [5.74, 6) is -2.60. The van der Waals surface area contributed by atoms with Gasteiger partial charge in [0, 0.05) is 42.8 Å². The van der Waals surface area contributed by atoms with Crippen molar-refractivity contribution >= 4 is 27.6 Å². The number of hydrogen-bond acceptors (Lipinski definition) is 5. The number of benzene rings is 2. The van der Waals surface area contributed by atoms with E-state index in [2.05, 4.69) is 0 Å². The van der Waals surface area contributed by atoms with E-state index >= 15 is 0 Å². The Balaban J connectivity index is 1.57. The Bertz CT molecular complexity index is 1100. The molecule has 3 rings (SSSR count). The number of halogens is 3. The minimum Gasteiger partial charge on any atom is -0.483 e. The summed E-state index contributed by atoms with van der Waals surface area (Å²) in [6, 6.07) is 7.94. The lowest BCUT2D eigenvalue weighted by Crippen LogP contribution is -2.54. The first-order valence-corrected chi connectivity index (χ1v) is 11.8. The second-order valence-electron chi connectivity index (χ2n) is 7.69. The van der Waals surface area contributed by atoms with Crippen molar-refractivity contribution in [3.63, 3.8) is 0 Å². The van der Waals surface area contributed by atoms with E-state index in [1.54, 1.807) is 4.90 Å². The highest BCUT2D eigenvalue weighted by Gasteiger charge is 2.28. The summed E-state index contributed by atoms with van der Waals surface area (Å²) < 4.78 is 63.6. The fraction of sp³-hybridized carbons (Fsp3) is 0.381. The van der Waals surface area contributed by atoms with Gasteiger partial charge in [-0.25, -0.2) is 8.78 Å². The topological polar surface area (TPSA) is 87.2 Å². The highest BCUT2D eigenvalue weighted by Crippen LogP contribution is 2.25. The molecule has 1 fully saturated rings. The number of rotatable bonds is 7. The molecule has 0 spiro atoms. The summed E-state index contributed by atoms with van der Waals surface area (Å²) in [4.78, 5) is 16.4. The third kappa shape index (κ3) is 6.61. The maximum atomic E-state index is 13.4. The summed E-state index contributed by atoms with van der Waals surface area (Å²) in [7, 11) is -4.31. The van der Waals surface area contributed by atoms with Crippen LogP contribution in [0, 0.1) is 11.6 Å². The van der Waals surface area contributed by atoms with Crippen molar-refractivity contribution in [2.45, 2.75) is 25.3 Å². The highest BCUT2D eigenvalue weighted by atomic mass is 35.5. The van der Waals surface area contributed by atoms with Gasteiger partial charge in [-0.1, -0.05) is 17.7 Å². The van der Waals surface area contributed by atoms with Gasteiger partial charge in [0.25, 0.3) is 16.0 Å². The smallest absolute Gasteiger partial charge is 0.269 e. The van der Waals surface area contributed by atoms with Crippen molar-refractivity contribution in [1.82, 2.24) is 9.80 Å². The Kier molecular flexibility index (Phi) is 7.71. The molecular formula is C21H23ClF2N2O5S. The average molecular weight is 489 g/mol. The van der Waals surface area contributed by atoms with Crippen LogP contribution in [0.1, 0.15) is 18.1 Å². The molecule has 1 aliphatic heterocycles. The number of nitrogens with zero attached hydrogens (tertiary/aromatic N) is 2. The molecule has 1 saturated heterocycles. The Morgan fingerprint density at radius 2 is 1.94 bits per heavy atom. The first kappa shape index (κ1) is 24.4. The van der Waals surface area contributed by atoms with E-state index in [1.165, 1.54) is 30.3 Å². The third-order valence-corrected chi connectivity index (χ3v) is 6.04. The normalized spacial score (nSPS) is 17.4. The molecule has 0 saturated carbocycles. The number of amides is 1. The molecule has 0 bridgehead atoms. The van der Waals surface area contributed by atoms with E-state index in [9.17, 15) is 22.0 Å². The number of piperazine rings is 1. The van der Waals surface area contributed by atoms with Gasteiger partial charge in [0.1, 0.15) is 11.5 Å². The molecule has 2 aromatic rings. The molecule has 2 aromatic carbocycles. The second kappa shape index (κ2) is 10.1. The van der Waals surface area contributed by atoms with Crippen molar-refractivity contribution in [1.29, 1.82) is 0 Å². The minimum absolute atomic E-state index is 0.144. The van der Waals surface area contributed by atoms with E-state index in [0.29, 0.717) is 31.7 Å². The quantitative estimate of drug-likeness (QED) is 0.603. The Hall–Kier alpha value is -2.27. The monoisotopic (exact) mass is 488 g/mol. The van der Waals surface area contributed by atoms with E-state index in [4.69, 9.17) is 20.9 Å². The van der Waals surface area contributed by atoms with Crippen molar-refractivity contribution in [3.8, 4) is 5.75 Å². The largest absolute Gasteiger partial charge is 0.483 e. The molecule has 1 heterocycles. The predicted molar refractivity (Wildman–Crippen MR) is 115 cm³/mol. The lowest BCUT2D eigenvalue weighted by molar-refractivity contribution is -0.138. The highest BCUT2D eigenvalue weighted by molar-refractivity contribution is 7.85. The van der Waals surface area contributed by atoms with E-state index in [0.717, 1.165) is 6.07 Å². The van der Waals surface area contributed by atoms with Crippen LogP contribution >= 0.6 is 11.6 Å². The van der Waals surface area contributed by atoms with Gasteiger partial charge in [-0.05, 0) is 42.8 Å². The minimum atomic E-state index is -4.31. The molecule has 32 heavy (non-hydrogen) atoms. The molecule has 1 N–H and O–H groups in total. The van der Waals surface area contributed by atoms with Crippen LogP contribution in [0.15, 0.2) is 36.4 Å². The molecule has 1 atom stereocenters. The summed E-state index contributed by atoms with van der Waals surface area (Å²) in [6.07, 6.45) is 0. The van der Waals surface area contributed by atoms with Crippen LogP contribution in [0.25, 0.3) is 0 Å². The van der Waals surface area contributed by atoms with Gasteiger partial charge in [0.05, 0.1) is 0 Å². The van der Waals surface area contributed by atoms with Gasteiger partial charge in [0.2, 0.25) is 0 Å². The van der Waals surface area contributed by atoms with Crippen LogP contribution in [0.4, 0.5) is 8.78 Å². The zero-order chi connectivity index (χ0) is 23.5. The van der Waals surface area contributed by atoms with Crippen molar-refractivity contribution < 1.29 is 31.3 Å². The molecule has 1 amide bonds. The van der Waals surface area contributed by atoms with Crippen LogP contribution in [-0.4, -0.2) is 61.0 Å². The molecule has 0 radical (unpaired) electrons. The lowest BCUT2D eigenvalue weighted by Gasteiger charge is -2.39. The van der Waals surface area contributed by atoms with Crippen LogP contribution in [0.5, 0.6) is 5.75 Å². The number of carbonyl (C=O) groups excluding carboxylic acids is 1. The standard InChI is InChI=1S/C21H23ClF2N2O5S/c1-14-10-25(11-15-2-4-18(23)19(24)8-15)6-7-26(14)21(27)12-31-20-5-3-17(22)9-16(20)13-32(28,29)30/h2-5,8-9,14H,6-7,10-13H2,1H3,(H,28,29,30). The summed E-state index contributed by atoms with van der Waals surface area (Å²) in [5, 5.41) is 0.271. The number of ether oxygens (including phenoxy) is 1. The maximum absolute atomic E-state index is 13.4. The average Bonchev–Trinajstić information content (AvgIpc) is 2.69. The van der Waals surface area contributed by atoms with Gasteiger partial charge in [-0.2, -0.15) is 8.42 Å². The van der Waals surface area contributed by atoms with Crippen LogP contribution < -0.4 is 4.74 Å². The predicted octanol–water partition coefficient (Wildman–Crippen LogP) is 3.12. The summed E-state index contributed by atoms with van der Waals surface area (Å²) in [5.41, 5.74) is 0.797. The molecule has 0 aliphatic carbocycles. The van der Waals surface area contributed by atoms with E-state index < -0.39 is 27.5 Å². The Morgan fingerprint density at radius 1 is 1.19 bits per heavy atom. The number of hydrogen-bond donors (Lipinski definition) is 1. The third-order valence-electron chi connectivity index (χ3n) is 5.13. The summed E-state index contributed by atoms with van der Waals surface area (Å²) >= 11 is 5.89. The molecule has 11 heteroatoms. The second-order valence-corrected chi connectivity index (χ2v) is 9.58. The van der Waals surface area contributed by atoms with Crippen LogP contribution in [-0.2, 0) is 27.2 Å². The molecule has 174 valence electrons. The molecular weight excluding hydrogens is 466 g/mol. The Labute approximate surface area is 190 Å². The molecule has 7 nitrogen and oxygen atoms in total. The molecule has 1 aliphatic rings. The number of carbonyl (C=O) groups is 1. The fourth-order valence-electron chi connectivity index (χ4n) is 3.66. The van der Waals surface area contributed by atoms with Gasteiger partial charge < -0.3 is 9.64 Å². The van der Waals surface area contributed by atoms with Crippen molar-refractivity contribution in [3.05, 3.63) is 64.2 Å². The molecule has 1 unspecified atom stereocenters. The maximum Gasteiger partial charge on any atom is 0.269 e. The van der Waals surface area contributed by atoms with Gasteiger partial charge in [0.15, 0.2) is 18.2 Å². The van der Waals surface area contributed by atoms with Crippen molar-refractivity contribution in [2.24, 2.45) is 0 Å². The first-order valence-electron chi connectivity index (χ1n) is 9.84. The SMILES string of the molecule is CC1CN(Cc2ccc(F)c(F)c2)CCN1C(=O)COc1ccc(Cl)cc1CS(=O)(=O)O.